The van der Waals surface area contributed by atoms with Gasteiger partial charge in [0.05, 0.1) is 12.9 Å². The maximum Gasteiger partial charge on any atom is 0.316 e. The molecule has 0 saturated carbocycles. The van der Waals surface area contributed by atoms with E-state index in [9.17, 15) is 4.79 Å². The van der Waals surface area contributed by atoms with E-state index in [4.69, 9.17) is 5.84 Å². The third-order valence-corrected chi connectivity index (χ3v) is 2.79. The third-order valence-electron chi connectivity index (χ3n) is 1.73. The number of hydrogen-bond acceptors (Lipinski definition) is 7. The zero-order valence-corrected chi connectivity index (χ0v) is 9.30. The zero-order valence-electron chi connectivity index (χ0n) is 8.48. The molecule has 82 valence electrons. The van der Waals surface area contributed by atoms with E-state index in [-0.39, 0.29) is 11.7 Å². The molecule has 0 spiro atoms. The molecule has 15 heavy (non-hydrogen) atoms. The summed E-state index contributed by atoms with van der Waals surface area (Å²) in [5.41, 5.74) is 3.27. The number of ether oxygens (including phenoxy) is 1. The van der Waals surface area contributed by atoms with Gasteiger partial charge in [-0.1, -0.05) is 11.8 Å². The Hall–Kier alpha value is -1.34. The summed E-state index contributed by atoms with van der Waals surface area (Å²) in [6.45, 7) is 1.83. The summed E-state index contributed by atoms with van der Waals surface area (Å²) in [6, 6.07) is 0. The van der Waals surface area contributed by atoms with Gasteiger partial charge in [-0.15, -0.1) is 0 Å². The Bertz CT molecular complexity index is 358. The summed E-state index contributed by atoms with van der Waals surface area (Å²) in [6.07, 6.45) is 1.39. The largest absolute Gasteiger partial charge is 0.468 e. The van der Waals surface area contributed by atoms with Crippen LogP contribution in [-0.4, -0.2) is 28.8 Å². The van der Waals surface area contributed by atoms with Gasteiger partial charge < -0.3 is 10.2 Å². The molecule has 3 N–H and O–H groups in total. The lowest BCUT2D eigenvalue weighted by atomic mass is 10.3. The molecule has 6 nitrogen and oxygen atoms in total. The Morgan fingerprint density at radius 3 is 3.00 bits per heavy atom. The molecule has 1 heterocycles. The van der Waals surface area contributed by atoms with Gasteiger partial charge in [-0.3, -0.25) is 4.79 Å². The van der Waals surface area contributed by atoms with Gasteiger partial charge in [-0.25, -0.2) is 15.8 Å². The lowest BCUT2D eigenvalue weighted by Crippen LogP contribution is -2.11. The highest BCUT2D eigenvalue weighted by molar-refractivity contribution is 7.99. The van der Waals surface area contributed by atoms with Crippen LogP contribution in [0.2, 0.25) is 0 Å². The summed E-state index contributed by atoms with van der Waals surface area (Å²) in [7, 11) is 1.35. The fraction of sp³-hybridized carbons (Fsp3) is 0.375. The quantitative estimate of drug-likeness (QED) is 0.252. The van der Waals surface area contributed by atoms with Crippen LogP contribution >= 0.6 is 11.8 Å². The van der Waals surface area contributed by atoms with Gasteiger partial charge in [-0.05, 0) is 6.92 Å². The Morgan fingerprint density at radius 2 is 2.40 bits per heavy atom. The van der Waals surface area contributed by atoms with E-state index in [0.29, 0.717) is 10.8 Å². The number of hydrazine groups is 1. The number of nitrogens with two attached hydrogens (primary N) is 1. The highest BCUT2D eigenvalue weighted by Crippen LogP contribution is 2.22. The van der Waals surface area contributed by atoms with E-state index >= 15 is 0 Å². The molecule has 1 aromatic rings. The first kappa shape index (κ1) is 11.7. The van der Waals surface area contributed by atoms with Crippen LogP contribution in [0, 0.1) is 6.92 Å². The van der Waals surface area contributed by atoms with Crippen LogP contribution < -0.4 is 11.3 Å². The third kappa shape index (κ3) is 3.07. The van der Waals surface area contributed by atoms with E-state index in [1.54, 1.807) is 0 Å². The molecular weight excluding hydrogens is 216 g/mol. The van der Waals surface area contributed by atoms with Crippen molar-refractivity contribution < 1.29 is 9.53 Å². The van der Waals surface area contributed by atoms with Crippen molar-refractivity contribution in [3.8, 4) is 0 Å². The van der Waals surface area contributed by atoms with Gasteiger partial charge in [0.1, 0.15) is 17.2 Å². The molecule has 1 rings (SSSR count). The van der Waals surface area contributed by atoms with Gasteiger partial charge >= 0.3 is 5.97 Å². The molecule has 7 heteroatoms. The molecule has 0 aliphatic rings. The van der Waals surface area contributed by atoms with Crippen molar-refractivity contribution in [1.29, 1.82) is 0 Å². The first-order chi connectivity index (χ1) is 7.19. The topological polar surface area (TPSA) is 90.1 Å². The van der Waals surface area contributed by atoms with Crippen molar-refractivity contribution in [3.63, 3.8) is 0 Å². The Balaban J connectivity index is 2.73. The number of nitrogen functional groups attached to an aromatic ring is 1. The number of nitrogens with one attached hydrogen (secondary N) is 1. The monoisotopic (exact) mass is 228 g/mol. The average Bonchev–Trinajstić information content (AvgIpc) is 2.27. The Kier molecular flexibility index (Phi) is 4.32. The van der Waals surface area contributed by atoms with Gasteiger partial charge in [0.15, 0.2) is 0 Å². The Morgan fingerprint density at radius 1 is 1.67 bits per heavy atom. The van der Waals surface area contributed by atoms with Crippen molar-refractivity contribution in [1.82, 2.24) is 9.97 Å². The number of carbonyl (C=O) groups excluding carboxylic acids is 1. The van der Waals surface area contributed by atoms with Gasteiger partial charge in [0, 0.05) is 5.56 Å². The summed E-state index contributed by atoms with van der Waals surface area (Å²) >= 11 is 1.29. The molecule has 0 bridgehead atoms. The SMILES string of the molecule is COC(=O)CSc1ncnc(NN)c1C. The lowest BCUT2D eigenvalue weighted by molar-refractivity contribution is -0.137. The number of rotatable bonds is 4. The highest BCUT2D eigenvalue weighted by Gasteiger charge is 2.08. The number of aromatic nitrogens is 2. The van der Waals surface area contributed by atoms with Crippen LogP contribution in [0.4, 0.5) is 5.82 Å². The fourth-order valence-corrected chi connectivity index (χ4v) is 1.72. The second kappa shape index (κ2) is 5.52. The highest BCUT2D eigenvalue weighted by atomic mass is 32.2. The summed E-state index contributed by atoms with van der Waals surface area (Å²) in [5.74, 6) is 5.74. The van der Waals surface area contributed by atoms with Crippen molar-refractivity contribution in [3.05, 3.63) is 11.9 Å². The van der Waals surface area contributed by atoms with E-state index in [1.165, 1.54) is 25.2 Å². The summed E-state index contributed by atoms with van der Waals surface area (Å²) in [5, 5.41) is 0.711. The van der Waals surface area contributed by atoms with E-state index in [2.05, 4.69) is 20.1 Å². The van der Waals surface area contributed by atoms with E-state index < -0.39 is 0 Å². The average molecular weight is 228 g/mol. The molecule has 0 aliphatic carbocycles. The number of hydrogen-bond donors (Lipinski definition) is 2. The molecule has 0 fully saturated rings. The first-order valence-electron chi connectivity index (χ1n) is 4.17. The molecule has 0 aliphatic heterocycles. The second-order valence-corrected chi connectivity index (χ2v) is 3.63. The number of anilines is 1. The van der Waals surface area contributed by atoms with Crippen molar-refractivity contribution in [2.75, 3.05) is 18.3 Å². The number of esters is 1. The van der Waals surface area contributed by atoms with Crippen LogP contribution in [0.1, 0.15) is 5.56 Å². The van der Waals surface area contributed by atoms with Crippen LogP contribution in [-0.2, 0) is 9.53 Å². The molecule has 0 atom stereocenters. The molecule has 0 aromatic carbocycles. The molecule has 0 unspecified atom stereocenters. The number of methoxy groups -OCH3 is 1. The van der Waals surface area contributed by atoms with Crippen LogP contribution in [0.25, 0.3) is 0 Å². The number of nitrogens with zero attached hydrogens (tertiary/aromatic N) is 2. The van der Waals surface area contributed by atoms with E-state index in [0.717, 1.165) is 5.56 Å². The predicted molar refractivity (Wildman–Crippen MR) is 57.3 cm³/mol. The maximum atomic E-state index is 10.9. The molecular formula is C8H12N4O2S. The van der Waals surface area contributed by atoms with E-state index in [1.807, 2.05) is 6.92 Å². The van der Waals surface area contributed by atoms with Crippen molar-refractivity contribution in [2.45, 2.75) is 11.9 Å². The minimum absolute atomic E-state index is 0.221. The molecule has 0 saturated heterocycles. The summed E-state index contributed by atoms with van der Waals surface area (Å²) < 4.78 is 4.52. The van der Waals surface area contributed by atoms with Gasteiger partial charge in [0.25, 0.3) is 0 Å². The number of carbonyl (C=O) groups is 1. The van der Waals surface area contributed by atoms with Crippen LogP contribution in [0.5, 0.6) is 0 Å². The van der Waals surface area contributed by atoms with Crippen LogP contribution in [0.3, 0.4) is 0 Å². The maximum absolute atomic E-state index is 10.9. The molecule has 1 aromatic heterocycles. The second-order valence-electron chi connectivity index (χ2n) is 2.66. The zero-order chi connectivity index (χ0) is 11.3. The summed E-state index contributed by atoms with van der Waals surface area (Å²) in [4.78, 5) is 18.9. The van der Waals surface area contributed by atoms with Crippen molar-refractivity contribution >= 4 is 23.5 Å². The smallest absolute Gasteiger partial charge is 0.316 e. The minimum Gasteiger partial charge on any atom is -0.468 e. The number of thioether (sulfide) groups is 1. The van der Waals surface area contributed by atoms with Gasteiger partial charge in [0.2, 0.25) is 0 Å². The van der Waals surface area contributed by atoms with Gasteiger partial charge in [-0.2, -0.15) is 0 Å². The first-order valence-corrected chi connectivity index (χ1v) is 5.15. The van der Waals surface area contributed by atoms with Crippen molar-refractivity contribution in [2.24, 2.45) is 5.84 Å². The standard InChI is InChI=1S/C8H12N4O2S/c1-5-7(12-9)10-4-11-8(5)15-3-6(13)14-2/h4H,3,9H2,1-2H3,(H,10,11,12). The van der Waals surface area contributed by atoms with Crippen LogP contribution in [0.15, 0.2) is 11.4 Å². The fourth-order valence-electron chi connectivity index (χ4n) is 0.911. The molecule has 0 amide bonds. The molecule has 0 radical (unpaired) electrons. The predicted octanol–water partition coefficient (Wildman–Crippen LogP) is 0.336. The lowest BCUT2D eigenvalue weighted by Gasteiger charge is -2.07. The minimum atomic E-state index is -0.291. The normalized spacial score (nSPS) is 9.80. The Labute approximate surface area is 91.6 Å².